The topological polar surface area (TPSA) is 24.5 Å². The minimum absolute atomic E-state index is 0.226. The van der Waals surface area contributed by atoms with Crippen LogP contribution in [0.4, 0.5) is 24.5 Å². The van der Waals surface area contributed by atoms with E-state index in [0.717, 1.165) is 18.8 Å². The minimum atomic E-state index is -4.67. The van der Waals surface area contributed by atoms with Crippen molar-refractivity contribution in [3.8, 4) is 5.75 Å². The number of nitrogens with zero attached hydrogens (tertiary/aromatic N) is 1. The Balaban J connectivity index is 1.59. The summed E-state index contributed by atoms with van der Waals surface area (Å²) in [5.41, 5.74) is 2.95. The average Bonchev–Trinajstić information content (AvgIpc) is 2.57. The van der Waals surface area contributed by atoms with Crippen LogP contribution in [0.2, 0.25) is 0 Å². The number of hydrogen-bond donors (Lipinski definition) is 1. The lowest BCUT2D eigenvalue weighted by Crippen LogP contribution is -2.29. The molecule has 1 aliphatic rings. The molecule has 2 aromatic carbocycles. The Kier molecular flexibility index (Phi) is 5.18. The van der Waals surface area contributed by atoms with Crippen molar-refractivity contribution in [2.24, 2.45) is 0 Å². The van der Waals surface area contributed by atoms with Gasteiger partial charge in [-0.25, -0.2) is 0 Å². The Labute approximate surface area is 145 Å². The van der Waals surface area contributed by atoms with Crippen LogP contribution >= 0.6 is 0 Å². The maximum absolute atomic E-state index is 12.2. The standard InChI is InChI=1S/C19H21F3N2O/c1-24-12-10-15(11-13-24)14-2-4-16(5-3-14)23-17-6-8-18(9-7-17)25-19(20,21)22/h2-9,15,23H,10-13H2,1H3. The van der Waals surface area contributed by atoms with E-state index in [2.05, 4.69) is 34.1 Å². The lowest BCUT2D eigenvalue weighted by Gasteiger charge is -2.29. The van der Waals surface area contributed by atoms with Crippen molar-refractivity contribution in [3.63, 3.8) is 0 Å². The number of benzene rings is 2. The highest BCUT2D eigenvalue weighted by Crippen LogP contribution is 2.29. The highest BCUT2D eigenvalue weighted by atomic mass is 19.4. The van der Waals surface area contributed by atoms with Gasteiger partial charge in [0.25, 0.3) is 0 Å². The van der Waals surface area contributed by atoms with Crippen LogP contribution in [-0.2, 0) is 0 Å². The van der Waals surface area contributed by atoms with E-state index >= 15 is 0 Å². The molecule has 0 amide bonds. The van der Waals surface area contributed by atoms with Crippen LogP contribution < -0.4 is 10.1 Å². The number of hydrogen-bond acceptors (Lipinski definition) is 3. The van der Waals surface area contributed by atoms with Gasteiger partial charge in [-0.15, -0.1) is 13.2 Å². The molecular weight excluding hydrogens is 329 g/mol. The van der Waals surface area contributed by atoms with Gasteiger partial charge in [-0.3, -0.25) is 0 Å². The zero-order chi connectivity index (χ0) is 17.9. The lowest BCUT2D eigenvalue weighted by molar-refractivity contribution is -0.274. The van der Waals surface area contributed by atoms with Crippen LogP contribution in [0, 0.1) is 0 Å². The summed E-state index contributed by atoms with van der Waals surface area (Å²) in [5, 5.41) is 3.19. The fourth-order valence-corrected chi connectivity index (χ4v) is 3.09. The van der Waals surface area contributed by atoms with Crippen molar-refractivity contribution >= 4 is 11.4 Å². The van der Waals surface area contributed by atoms with Crippen LogP contribution in [0.3, 0.4) is 0 Å². The van der Waals surface area contributed by atoms with Crippen molar-refractivity contribution in [2.45, 2.75) is 25.1 Å². The molecular formula is C19H21F3N2O. The van der Waals surface area contributed by atoms with Gasteiger partial charge in [0.05, 0.1) is 0 Å². The minimum Gasteiger partial charge on any atom is -0.406 e. The first-order valence-corrected chi connectivity index (χ1v) is 8.30. The van der Waals surface area contributed by atoms with E-state index in [0.29, 0.717) is 11.6 Å². The van der Waals surface area contributed by atoms with Crippen LogP contribution in [0.25, 0.3) is 0 Å². The Morgan fingerprint density at radius 1 is 0.920 bits per heavy atom. The molecule has 0 unspecified atom stereocenters. The van der Waals surface area contributed by atoms with Crippen molar-refractivity contribution in [1.29, 1.82) is 0 Å². The second-order valence-electron chi connectivity index (χ2n) is 6.40. The Hall–Kier alpha value is -2.21. The molecule has 0 aliphatic carbocycles. The lowest BCUT2D eigenvalue weighted by atomic mass is 9.89. The summed E-state index contributed by atoms with van der Waals surface area (Å²) in [4.78, 5) is 2.35. The molecule has 134 valence electrons. The number of anilines is 2. The van der Waals surface area contributed by atoms with Crippen LogP contribution in [0.1, 0.15) is 24.3 Å². The molecule has 1 fully saturated rings. The molecule has 1 heterocycles. The van der Waals surface area contributed by atoms with Gasteiger partial charge in [0.1, 0.15) is 5.75 Å². The van der Waals surface area contributed by atoms with E-state index in [-0.39, 0.29) is 5.75 Å². The smallest absolute Gasteiger partial charge is 0.406 e. The molecule has 3 nitrogen and oxygen atoms in total. The monoisotopic (exact) mass is 350 g/mol. The van der Waals surface area contributed by atoms with E-state index in [1.807, 2.05) is 12.1 Å². The molecule has 6 heteroatoms. The summed E-state index contributed by atoms with van der Waals surface area (Å²) in [6, 6.07) is 14.0. The third-order valence-electron chi connectivity index (χ3n) is 4.48. The van der Waals surface area contributed by atoms with Crippen molar-refractivity contribution in [1.82, 2.24) is 4.90 Å². The van der Waals surface area contributed by atoms with Gasteiger partial charge in [-0.2, -0.15) is 0 Å². The molecule has 0 radical (unpaired) electrons. The summed E-state index contributed by atoms with van der Waals surface area (Å²) in [7, 11) is 2.15. The largest absolute Gasteiger partial charge is 0.573 e. The Bertz CT molecular complexity index is 675. The molecule has 3 rings (SSSR count). The highest BCUT2D eigenvalue weighted by Gasteiger charge is 2.30. The van der Waals surface area contributed by atoms with Crippen LogP contribution in [0.15, 0.2) is 48.5 Å². The van der Waals surface area contributed by atoms with Crippen molar-refractivity contribution in [3.05, 3.63) is 54.1 Å². The van der Waals surface area contributed by atoms with Gasteiger partial charge >= 0.3 is 6.36 Å². The third-order valence-corrected chi connectivity index (χ3v) is 4.48. The van der Waals surface area contributed by atoms with Gasteiger partial charge < -0.3 is 15.0 Å². The molecule has 1 aliphatic heterocycles. The number of nitrogens with one attached hydrogen (secondary N) is 1. The molecule has 0 atom stereocenters. The molecule has 0 aromatic heterocycles. The molecule has 1 saturated heterocycles. The van der Waals surface area contributed by atoms with Gasteiger partial charge in [-0.05, 0) is 80.9 Å². The second kappa shape index (κ2) is 7.35. The predicted molar refractivity (Wildman–Crippen MR) is 92.3 cm³/mol. The fourth-order valence-electron chi connectivity index (χ4n) is 3.09. The first kappa shape index (κ1) is 17.6. The second-order valence-corrected chi connectivity index (χ2v) is 6.40. The fraction of sp³-hybridized carbons (Fsp3) is 0.368. The quantitative estimate of drug-likeness (QED) is 0.826. The Morgan fingerprint density at radius 3 is 1.96 bits per heavy atom. The van der Waals surface area contributed by atoms with E-state index in [9.17, 15) is 13.2 Å². The molecule has 2 aromatic rings. The maximum atomic E-state index is 12.2. The number of halogens is 3. The van der Waals surface area contributed by atoms with E-state index < -0.39 is 6.36 Å². The predicted octanol–water partition coefficient (Wildman–Crippen LogP) is 5.14. The van der Waals surface area contributed by atoms with Crippen molar-refractivity contribution < 1.29 is 17.9 Å². The third kappa shape index (κ3) is 5.13. The number of piperidine rings is 1. The molecule has 0 saturated carbocycles. The summed E-state index contributed by atoms with van der Waals surface area (Å²) in [5.74, 6) is 0.375. The molecule has 0 bridgehead atoms. The normalized spacial score (nSPS) is 16.6. The van der Waals surface area contributed by atoms with Crippen molar-refractivity contribution in [2.75, 3.05) is 25.5 Å². The number of likely N-dealkylation sites (tertiary alicyclic amines) is 1. The first-order chi connectivity index (χ1) is 11.9. The number of ether oxygens (including phenoxy) is 1. The SMILES string of the molecule is CN1CCC(c2ccc(Nc3ccc(OC(F)(F)F)cc3)cc2)CC1. The summed E-state index contributed by atoms with van der Waals surface area (Å²) in [6.07, 6.45) is -2.33. The molecule has 25 heavy (non-hydrogen) atoms. The van der Waals surface area contributed by atoms with Crippen LogP contribution in [-0.4, -0.2) is 31.4 Å². The van der Waals surface area contributed by atoms with Crippen LogP contribution in [0.5, 0.6) is 5.75 Å². The molecule has 1 N–H and O–H groups in total. The summed E-state index contributed by atoms with van der Waals surface area (Å²) < 4.78 is 40.3. The maximum Gasteiger partial charge on any atom is 0.573 e. The first-order valence-electron chi connectivity index (χ1n) is 8.30. The van der Waals surface area contributed by atoms with Gasteiger partial charge in [-0.1, -0.05) is 12.1 Å². The zero-order valence-electron chi connectivity index (χ0n) is 14.0. The van der Waals surface area contributed by atoms with E-state index in [4.69, 9.17) is 0 Å². The zero-order valence-corrected chi connectivity index (χ0v) is 14.0. The summed E-state index contributed by atoms with van der Waals surface area (Å²) >= 11 is 0. The van der Waals surface area contributed by atoms with E-state index in [1.54, 1.807) is 12.1 Å². The number of alkyl halides is 3. The average molecular weight is 350 g/mol. The number of rotatable bonds is 4. The Morgan fingerprint density at radius 2 is 1.44 bits per heavy atom. The van der Waals surface area contributed by atoms with E-state index in [1.165, 1.54) is 30.5 Å². The van der Waals surface area contributed by atoms with Gasteiger partial charge in [0, 0.05) is 11.4 Å². The summed E-state index contributed by atoms with van der Waals surface area (Å²) in [6.45, 7) is 2.24. The van der Waals surface area contributed by atoms with Gasteiger partial charge in [0.2, 0.25) is 0 Å². The molecule has 0 spiro atoms. The highest BCUT2D eigenvalue weighted by molar-refractivity contribution is 5.60. The van der Waals surface area contributed by atoms with Gasteiger partial charge in [0.15, 0.2) is 0 Å².